The van der Waals surface area contributed by atoms with E-state index in [4.69, 9.17) is 5.73 Å². The molecule has 0 amide bonds. The summed E-state index contributed by atoms with van der Waals surface area (Å²) in [5.74, 6) is 0.125. The molecule has 1 aromatic heterocycles. The third-order valence-electron chi connectivity index (χ3n) is 1.90. The summed E-state index contributed by atoms with van der Waals surface area (Å²) >= 11 is 0. The lowest BCUT2D eigenvalue weighted by Gasteiger charge is -1.98. The molecule has 66 valence electrons. The maximum absolute atomic E-state index is 11.2. The zero-order valence-corrected chi connectivity index (χ0v) is 7.19. The zero-order chi connectivity index (χ0) is 9.42. The Morgan fingerprint density at radius 3 is 2.85 bits per heavy atom. The summed E-state index contributed by atoms with van der Waals surface area (Å²) < 4.78 is 1.40. The molecule has 0 bridgehead atoms. The number of nitrogens with zero attached hydrogens (tertiary/aromatic N) is 2. The number of para-hydroxylation sites is 2. The van der Waals surface area contributed by atoms with Crippen LogP contribution in [0.2, 0.25) is 0 Å². The molecule has 4 heteroatoms. The van der Waals surface area contributed by atoms with Gasteiger partial charge in [0.05, 0.1) is 11.0 Å². The molecule has 13 heavy (non-hydrogen) atoms. The minimum atomic E-state index is -0.119. The second-order valence-electron chi connectivity index (χ2n) is 2.81. The van der Waals surface area contributed by atoms with Gasteiger partial charge in [-0.15, -0.1) is 0 Å². The van der Waals surface area contributed by atoms with Crippen molar-refractivity contribution in [3.63, 3.8) is 0 Å². The van der Waals surface area contributed by atoms with E-state index in [-0.39, 0.29) is 11.9 Å². The molecule has 0 aliphatic carbocycles. The molecule has 2 rings (SSSR count). The van der Waals surface area contributed by atoms with Crippen molar-refractivity contribution in [2.24, 2.45) is 0 Å². The lowest BCUT2D eigenvalue weighted by atomic mass is 10.3. The van der Waals surface area contributed by atoms with Crippen LogP contribution in [0.1, 0.15) is 11.7 Å². The highest BCUT2D eigenvalue weighted by Gasteiger charge is 2.09. The Labute approximate surface area is 75.0 Å². The molecule has 0 spiro atoms. The first-order valence-electron chi connectivity index (χ1n) is 3.94. The number of anilines is 1. The van der Waals surface area contributed by atoms with Gasteiger partial charge in [-0.1, -0.05) is 12.1 Å². The minimum absolute atomic E-state index is 0.119. The fourth-order valence-corrected chi connectivity index (χ4v) is 1.38. The summed E-state index contributed by atoms with van der Waals surface area (Å²) in [6, 6.07) is 7.35. The first-order chi connectivity index (χ1) is 6.20. The normalized spacial score (nSPS) is 10.5. The minimum Gasteiger partial charge on any atom is -0.369 e. The quantitative estimate of drug-likeness (QED) is 0.656. The van der Waals surface area contributed by atoms with E-state index in [0.29, 0.717) is 0 Å². The number of rotatable bonds is 0. The molecule has 0 aliphatic rings. The molecule has 0 unspecified atom stereocenters. The molecule has 1 aromatic carbocycles. The third kappa shape index (κ3) is 1.07. The van der Waals surface area contributed by atoms with E-state index in [1.165, 1.54) is 11.5 Å². The van der Waals surface area contributed by atoms with Crippen molar-refractivity contribution >= 4 is 22.9 Å². The standard InChI is InChI=1S/C9H9N3O/c1-6(13)12-8-5-3-2-4-7(8)11-9(12)10/h2-5H,1H3,(H2,10,11). The SMILES string of the molecule is CC(=O)n1c(N)nc2ccccc21. The molecule has 1 heterocycles. The number of hydrogen-bond donors (Lipinski definition) is 1. The van der Waals surface area contributed by atoms with Crippen LogP contribution in [0, 0.1) is 0 Å². The van der Waals surface area contributed by atoms with Gasteiger partial charge in [0.1, 0.15) is 0 Å². The molecule has 2 N–H and O–H groups in total. The predicted octanol–water partition coefficient (Wildman–Crippen LogP) is 1.28. The average Bonchev–Trinajstić information content (AvgIpc) is 2.39. The maximum Gasteiger partial charge on any atom is 0.230 e. The molecule has 0 fully saturated rings. The molecule has 4 nitrogen and oxygen atoms in total. The predicted molar refractivity (Wildman–Crippen MR) is 50.4 cm³/mol. The van der Waals surface area contributed by atoms with Gasteiger partial charge < -0.3 is 5.73 Å². The molecular formula is C9H9N3O. The van der Waals surface area contributed by atoms with Crippen molar-refractivity contribution in [1.29, 1.82) is 0 Å². The molecule has 0 saturated heterocycles. The Bertz CT molecular complexity index is 473. The molecule has 0 atom stereocenters. The number of benzene rings is 1. The topological polar surface area (TPSA) is 60.9 Å². The second-order valence-corrected chi connectivity index (χ2v) is 2.81. The Balaban J connectivity index is 2.86. The van der Waals surface area contributed by atoms with Gasteiger partial charge in [0.15, 0.2) is 0 Å². The monoisotopic (exact) mass is 175 g/mol. The number of nitrogen functional groups attached to an aromatic ring is 1. The van der Waals surface area contributed by atoms with Gasteiger partial charge in [-0.05, 0) is 12.1 Å². The summed E-state index contributed by atoms with van der Waals surface area (Å²) in [5.41, 5.74) is 7.09. The van der Waals surface area contributed by atoms with E-state index in [2.05, 4.69) is 4.98 Å². The number of fused-ring (bicyclic) bond motifs is 1. The van der Waals surface area contributed by atoms with Gasteiger partial charge in [-0.25, -0.2) is 9.55 Å². The fraction of sp³-hybridized carbons (Fsp3) is 0.111. The molecule has 0 aliphatic heterocycles. The van der Waals surface area contributed by atoms with E-state index < -0.39 is 0 Å². The van der Waals surface area contributed by atoms with Gasteiger partial charge in [0.2, 0.25) is 11.9 Å². The molecule has 0 radical (unpaired) electrons. The van der Waals surface area contributed by atoms with Crippen LogP contribution in [0.5, 0.6) is 0 Å². The van der Waals surface area contributed by atoms with E-state index in [1.807, 2.05) is 24.3 Å². The highest BCUT2D eigenvalue weighted by atomic mass is 16.1. The van der Waals surface area contributed by atoms with Crippen molar-refractivity contribution in [2.45, 2.75) is 6.92 Å². The number of carbonyl (C=O) groups excluding carboxylic acids is 1. The van der Waals surface area contributed by atoms with Crippen LogP contribution in [-0.2, 0) is 0 Å². The summed E-state index contributed by atoms with van der Waals surface area (Å²) in [5, 5.41) is 0. The summed E-state index contributed by atoms with van der Waals surface area (Å²) in [6.45, 7) is 1.46. The lowest BCUT2D eigenvalue weighted by molar-refractivity contribution is 0.0943. The highest BCUT2D eigenvalue weighted by molar-refractivity contribution is 5.92. The lowest BCUT2D eigenvalue weighted by Crippen LogP contribution is -2.08. The number of imidazole rings is 1. The van der Waals surface area contributed by atoms with E-state index >= 15 is 0 Å². The first kappa shape index (κ1) is 7.79. The number of hydrogen-bond acceptors (Lipinski definition) is 3. The third-order valence-corrected chi connectivity index (χ3v) is 1.90. The largest absolute Gasteiger partial charge is 0.369 e. The number of aromatic nitrogens is 2. The molecule has 2 aromatic rings. The maximum atomic E-state index is 11.2. The summed E-state index contributed by atoms with van der Waals surface area (Å²) in [4.78, 5) is 15.2. The highest BCUT2D eigenvalue weighted by Crippen LogP contribution is 2.16. The molecular weight excluding hydrogens is 166 g/mol. The van der Waals surface area contributed by atoms with E-state index in [9.17, 15) is 4.79 Å². The van der Waals surface area contributed by atoms with Crippen LogP contribution in [0.3, 0.4) is 0 Å². The second kappa shape index (κ2) is 2.58. The van der Waals surface area contributed by atoms with Crippen LogP contribution in [0.25, 0.3) is 11.0 Å². The Morgan fingerprint density at radius 1 is 1.46 bits per heavy atom. The van der Waals surface area contributed by atoms with Crippen LogP contribution >= 0.6 is 0 Å². The van der Waals surface area contributed by atoms with Crippen LogP contribution in [-0.4, -0.2) is 15.5 Å². The van der Waals surface area contributed by atoms with E-state index in [1.54, 1.807) is 0 Å². The van der Waals surface area contributed by atoms with E-state index in [0.717, 1.165) is 11.0 Å². The van der Waals surface area contributed by atoms with Gasteiger partial charge >= 0.3 is 0 Å². The van der Waals surface area contributed by atoms with Crippen LogP contribution < -0.4 is 5.73 Å². The average molecular weight is 175 g/mol. The van der Waals surface area contributed by atoms with Gasteiger partial charge in [-0.3, -0.25) is 4.79 Å². The van der Waals surface area contributed by atoms with Crippen molar-refractivity contribution in [1.82, 2.24) is 9.55 Å². The number of carbonyl (C=O) groups is 1. The summed E-state index contributed by atoms with van der Waals surface area (Å²) in [7, 11) is 0. The Kier molecular flexibility index (Phi) is 1.55. The van der Waals surface area contributed by atoms with Crippen LogP contribution in [0.15, 0.2) is 24.3 Å². The van der Waals surface area contributed by atoms with Crippen molar-refractivity contribution in [3.8, 4) is 0 Å². The fourth-order valence-electron chi connectivity index (χ4n) is 1.38. The Hall–Kier alpha value is -1.84. The zero-order valence-electron chi connectivity index (χ0n) is 7.19. The molecule has 0 saturated carbocycles. The van der Waals surface area contributed by atoms with Crippen molar-refractivity contribution in [3.05, 3.63) is 24.3 Å². The van der Waals surface area contributed by atoms with Gasteiger partial charge in [-0.2, -0.15) is 0 Å². The first-order valence-corrected chi connectivity index (χ1v) is 3.94. The number of nitrogens with two attached hydrogens (primary N) is 1. The smallest absolute Gasteiger partial charge is 0.230 e. The van der Waals surface area contributed by atoms with Crippen molar-refractivity contribution in [2.75, 3.05) is 5.73 Å². The van der Waals surface area contributed by atoms with Crippen molar-refractivity contribution < 1.29 is 4.79 Å². The van der Waals surface area contributed by atoms with Crippen LogP contribution in [0.4, 0.5) is 5.95 Å². The van der Waals surface area contributed by atoms with Gasteiger partial charge in [0.25, 0.3) is 0 Å². The van der Waals surface area contributed by atoms with Gasteiger partial charge in [0, 0.05) is 6.92 Å². The Morgan fingerprint density at radius 2 is 2.15 bits per heavy atom. The summed E-state index contributed by atoms with van der Waals surface area (Å²) in [6.07, 6.45) is 0.